The van der Waals surface area contributed by atoms with E-state index in [0.717, 1.165) is 10.9 Å². The molecule has 2 heterocycles. The molecule has 0 atom stereocenters. The smallest absolute Gasteiger partial charge is 0.176 e. The van der Waals surface area contributed by atoms with Gasteiger partial charge in [-0.15, -0.1) is 0 Å². The van der Waals surface area contributed by atoms with Crippen LogP contribution in [-0.2, 0) is 6.54 Å². The van der Waals surface area contributed by atoms with E-state index in [1.807, 2.05) is 24.3 Å². The standard InChI is InChI=1S/C14H12N2O2/c15-8-9-4-5-16-11(6-9)13-7-10-2-1-3-12(17)14(10)18-13/h1-7,17H,8,15H2. The van der Waals surface area contributed by atoms with E-state index in [9.17, 15) is 5.11 Å². The Morgan fingerprint density at radius 3 is 2.89 bits per heavy atom. The Bertz CT molecular complexity index is 704. The lowest BCUT2D eigenvalue weighted by Gasteiger charge is -1.99. The third kappa shape index (κ3) is 1.72. The zero-order chi connectivity index (χ0) is 12.5. The van der Waals surface area contributed by atoms with Gasteiger partial charge in [-0.25, -0.2) is 0 Å². The molecule has 4 nitrogen and oxygen atoms in total. The van der Waals surface area contributed by atoms with Crippen molar-refractivity contribution in [2.24, 2.45) is 5.73 Å². The fourth-order valence-electron chi connectivity index (χ4n) is 1.91. The highest BCUT2D eigenvalue weighted by Crippen LogP contribution is 2.31. The maximum absolute atomic E-state index is 9.70. The predicted molar refractivity (Wildman–Crippen MR) is 69.0 cm³/mol. The fourth-order valence-corrected chi connectivity index (χ4v) is 1.91. The zero-order valence-corrected chi connectivity index (χ0v) is 9.63. The number of benzene rings is 1. The molecule has 0 aliphatic carbocycles. The second-order valence-corrected chi connectivity index (χ2v) is 4.06. The molecule has 0 aliphatic rings. The lowest BCUT2D eigenvalue weighted by atomic mass is 10.2. The molecule has 90 valence electrons. The molecule has 0 amide bonds. The van der Waals surface area contributed by atoms with Crippen molar-refractivity contribution in [1.82, 2.24) is 4.98 Å². The van der Waals surface area contributed by atoms with E-state index in [1.54, 1.807) is 18.3 Å². The molecular weight excluding hydrogens is 228 g/mol. The third-order valence-corrected chi connectivity index (χ3v) is 2.84. The van der Waals surface area contributed by atoms with Crippen LogP contribution < -0.4 is 5.73 Å². The summed E-state index contributed by atoms with van der Waals surface area (Å²) in [4.78, 5) is 4.25. The van der Waals surface area contributed by atoms with E-state index in [4.69, 9.17) is 10.2 Å². The monoisotopic (exact) mass is 240 g/mol. The second kappa shape index (κ2) is 4.16. The second-order valence-electron chi connectivity index (χ2n) is 4.06. The fraction of sp³-hybridized carbons (Fsp3) is 0.0714. The Kier molecular flexibility index (Phi) is 2.50. The molecule has 3 aromatic rings. The van der Waals surface area contributed by atoms with Crippen molar-refractivity contribution in [3.05, 3.63) is 48.2 Å². The van der Waals surface area contributed by atoms with E-state index in [1.165, 1.54) is 0 Å². The Morgan fingerprint density at radius 2 is 2.11 bits per heavy atom. The van der Waals surface area contributed by atoms with Gasteiger partial charge in [0.25, 0.3) is 0 Å². The van der Waals surface area contributed by atoms with Gasteiger partial charge in [0.05, 0.1) is 0 Å². The van der Waals surface area contributed by atoms with E-state index in [-0.39, 0.29) is 5.75 Å². The number of hydrogen-bond acceptors (Lipinski definition) is 4. The maximum atomic E-state index is 9.70. The van der Waals surface area contributed by atoms with Gasteiger partial charge in [0.15, 0.2) is 17.1 Å². The summed E-state index contributed by atoms with van der Waals surface area (Å²) in [6.07, 6.45) is 1.70. The molecule has 0 aliphatic heterocycles. The van der Waals surface area contributed by atoms with Crippen LogP contribution in [0.3, 0.4) is 0 Å². The van der Waals surface area contributed by atoms with Gasteiger partial charge in [-0.3, -0.25) is 4.98 Å². The summed E-state index contributed by atoms with van der Waals surface area (Å²) in [5.74, 6) is 0.760. The first-order valence-electron chi connectivity index (χ1n) is 5.65. The van der Waals surface area contributed by atoms with Gasteiger partial charge in [0.1, 0.15) is 5.69 Å². The Morgan fingerprint density at radius 1 is 1.22 bits per heavy atom. The van der Waals surface area contributed by atoms with Gasteiger partial charge in [0, 0.05) is 18.1 Å². The number of rotatable bonds is 2. The van der Waals surface area contributed by atoms with E-state index < -0.39 is 0 Å². The van der Waals surface area contributed by atoms with Crippen LogP contribution in [0, 0.1) is 0 Å². The van der Waals surface area contributed by atoms with Crippen molar-refractivity contribution in [3.63, 3.8) is 0 Å². The summed E-state index contributed by atoms with van der Waals surface area (Å²) < 4.78 is 5.63. The number of furan rings is 1. The van der Waals surface area contributed by atoms with Crippen LogP contribution in [0.4, 0.5) is 0 Å². The van der Waals surface area contributed by atoms with Crippen molar-refractivity contribution >= 4 is 11.0 Å². The summed E-state index contributed by atoms with van der Waals surface area (Å²) in [6.45, 7) is 0.459. The highest BCUT2D eigenvalue weighted by molar-refractivity contribution is 5.86. The number of fused-ring (bicyclic) bond motifs is 1. The molecule has 1 aromatic carbocycles. The van der Waals surface area contributed by atoms with Crippen LogP contribution in [0.15, 0.2) is 47.0 Å². The SMILES string of the molecule is NCc1ccnc(-c2cc3cccc(O)c3o2)c1. The van der Waals surface area contributed by atoms with Crippen molar-refractivity contribution in [2.75, 3.05) is 0 Å². The zero-order valence-electron chi connectivity index (χ0n) is 9.63. The molecule has 0 saturated heterocycles. The topological polar surface area (TPSA) is 72.3 Å². The minimum Gasteiger partial charge on any atom is -0.504 e. The minimum atomic E-state index is 0.133. The molecule has 0 radical (unpaired) electrons. The molecule has 0 unspecified atom stereocenters. The summed E-state index contributed by atoms with van der Waals surface area (Å²) in [5.41, 5.74) is 7.78. The number of phenols is 1. The Labute approximate surface area is 104 Å². The number of hydrogen-bond donors (Lipinski definition) is 2. The molecule has 0 spiro atoms. The highest BCUT2D eigenvalue weighted by Gasteiger charge is 2.10. The number of nitrogens with zero attached hydrogens (tertiary/aromatic N) is 1. The van der Waals surface area contributed by atoms with Crippen LogP contribution >= 0.6 is 0 Å². The molecule has 3 rings (SSSR count). The van der Waals surface area contributed by atoms with E-state index >= 15 is 0 Å². The van der Waals surface area contributed by atoms with Crippen molar-refractivity contribution in [1.29, 1.82) is 0 Å². The highest BCUT2D eigenvalue weighted by atomic mass is 16.4. The van der Waals surface area contributed by atoms with Gasteiger partial charge < -0.3 is 15.3 Å². The van der Waals surface area contributed by atoms with Crippen molar-refractivity contribution < 1.29 is 9.52 Å². The predicted octanol–water partition coefficient (Wildman–Crippen LogP) is 2.66. The quantitative estimate of drug-likeness (QED) is 0.722. The number of para-hydroxylation sites is 1. The average Bonchev–Trinajstić information content (AvgIpc) is 2.84. The van der Waals surface area contributed by atoms with Gasteiger partial charge in [0.2, 0.25) is 0 Å². The molecule has 18 heavy (non-hydrogen) atoms. The summed E-state index contributed by atoms with van der Waals surface area (Å²) in [5, 5.41) is 10.5. The molecular formula is C14H12N2O2. The van der Waals surface area contributed by atoms with Crippen molar-refractivity contribution in [2.45, 2.75) is 6.54 Å². The molecule has 0 bridgehead atoms. The average molecular weight is 240 g/mol. The normalized spacial score (nSPS) is 10.9. The Balaban J connectivity index is 2.16. The van der Waals surface area contributed by atoms with E-state index in [2.05, 4.69) is 4.98 Å². The van der Waals surface area contributed by atoms with Gasteiger partial charge in [-0.05, 0) is 29.8 Å². The first-order valence-corrected chi connectivity index (χ1v) is 5.65. The number of phenolic OH excluding ortho intramolecular Hbond substituents is 1. The van der Waals surface area contributed by atoms with Crippen LogP contribution in [-0.4, -0.2) is 10.1 Å². The number of nitrogens with two attached hydrogens (primary N) is 1. The number of aromatic nitrogens is 1. The van der Waals surface area contributed by atoms with Crippen molar-refractivity contribution in [3.8, 4) is 17.2 Å². The largest absolute Gasteiger partial charge is 0.504 e. The molecule has 0 saturated carbocycles. The lowest BCUT2D eigenvalue weighted by molar-refractivity contribution is 0.466. The molecule has 2 aromatic heterocycles. The first kappa shape index (κ1) is 10.8. The minimum absolute atomic E-state index is 0.133. The summed E-state index contributed by atoms with van der Waals surface area (Å²) in [6, 6.07) is 10.9. The molecule has 0 fully saturated rings. The van der Waals surface area contributed by atoms with Crippen LogP contribution in [0.1, 0.15) is 5.56 Å². The van der Waals surface area contributed by atoms with Crippen LogP contribution in [0.5, 0.6) is 5.75 Å². The summed E-state index contributed by atoms with van der Waals surface area (Å²) in [7, 11) is 0. The van der Waals surface area contributed by atoms with Crippen LogP contribution in [0.25, 0.3) is 22.4 Å². The van der Waals surface area contributed by atoms with Gasteiger partial charge in [-0.1, -0.05) is 12.1 Å². The molecule has 4 heteroatoms. The van der Waals surface area contributed by atoms with E-state index in [0.29, 0.717) is 23.6 Å². The number of pyridine rings is 1. The first-order chi connectivity index (χ1) is 8.78. The van der Waals surface area contributed by atoms with Gasteiger partial charge >= 0.3 is 0 Å². The summed E-state index contributed by atoms with van der Waals surface area (Å²) >= 11 is 0. The number of aromatic hydroxyl groups is 1. The van der Waals surface area contributed by atoms with Gasteiger partial charge in [-0.2, -0.15) is 0 Å². The lowest BCUT2D eigenvalue weighted by Crippen LogP contribution is -1.96. The maximum Gasteiger partial charge on any atom is 0.176 e. The molecule has 3 N–H and O–H groups in total. The van der Waals surface area contributed by atoms with Crippen LogP contribution in [0.2, 0.25) is 0 Å². The Hall–Kier alpha value is -2.33. The third-order valence-electron chi connectivity index (χ3n) is 2.84.